The molecule has 0 unspecified atom stereocenters. The number of hydrogen-bond donors (Lipinski definition) is 0. The summed E-state index contributed by atoms with van der Waals surface area (Å²) in [6, 6.07) is 6.17. The van der Waals surface area contributed by atoms with Gasteiger partial charge in [-0.2, -0.15) is 0 Å². The summed E-state index contributed by atoms with van der Waals surface area (Å²) in [5.74, 6) is 0.393. The fourth-order valence-corrected chi connectivity index (χ4v) is 3.26. The molecule has 6 heteroatoms. The molecular formula is C15H13NO4S. The molecule has 1 aromatic carbocycles. The first kappa shape index (κ1) is 13.8. The zero-order chi connectivity index (χ0) is 15.4. The molecule has 5 nitrogen and oxygen atoms in total. The van der Waals surface area contributed by atoms with Gasteiger partial charge in [-0.1, -0.05) is 0 Å². The van der Waals surface area contributed by atoms with Crippen LogP contribution in [0.3, 0.4) is 0 Å². The molecule has 2 aliphatic rings. The lowest BCUT2D eigenvalue weighted by molar-refractivity contribution is 0.600. The quantitative estimate of drug-likeness (QED) is 0.645. The lowest BCUT2D eigenvalue weighted by atomic mass is 10.1. The molecule has 3 rings (SSSR count). The van der Waals surface area contributed by atoms with Crippen LogP contribution in [0, 0.1) is 13.8 Å². The molecule has 108 valence electrons. The Bertz CT molecular complexity index is 1000. The molecular weight excluding hydrogens is 290 g/mol. The number of aromatic nitrogens is 1. The van der Waals surface area contributed by atoms with Gasteiger partial charge >= 0.3 is 0 Å². The van der Waals surface area contributed by atoms with E-state index in [2.05, 4.69) is 4.98 Å². The van der Waals surface area contributed by atoms with Crippen molar-refractivity contribution in [2.45, 2.75) is 18.7 Å². The third-order valence-corrected chi connectivity index (χ3v) is 4.61. The van der Waals surface area contributed by atoms with E-state index < -0.39 is 9.84 Å². The van der Waals surface area contributed by atoms with Gasteiger partial charge in [0.1, 0.15) is 11.2 Å². The third-order valence-electron chi connectivity index (χ3n) is 3.37. The maximum absolute atomic E-state index is 11.8. The van der Waals surface area contributed by atoms with Gasteiger partial charge in [0, 0.05) is 12.3 Å². The molecule has 0 spiro atoms. The molecule has 0 saturated carbocycles. The summed E-state index contributed by atoms with van der Waals surface area (Å²) in [6.45, 7) is 3.40. The van der Waals surface area contributed by atoms with Crippen molar-refractivity contribution in [3.63, 3.8) is 0 Å². The van der Waals surface area contributed by atoms with Crippen LogP contribution in [0.1, 0.15) is 11.1 Å². The van der Waals surface area contributed by atoms with Gasteiger partial charge in [-0.3, -0.25) is 4.79 Å². The number of aryl methyl sites for hydroxylation is 2. The summed E-state index contributed by atoms with van der Waals surface area (Å²) in [7, 11) is -3.32. The van der Waals surface area contributed by atoms with Crippen LogP contribution < -0.4 is 5.43 Å². The molecule has 0 N–H and O–H groups in total. The molecule has 1 aliphatic heterocycles. The summed E-state index contributed by atoms with van der Waals surface area (Å²) in [6.07, 6.45) is 1.16. The molecule has 0 fully saturated rings. The first-order valence-corrected chi connectivity index (χ1v) is 8.21. The van der Waals surface area contributed by atoms with Crippen LogP contribution in [0.4, 0.5) is 0 Å². The van der Waals surface area contributed by atoms with Crippen LogP contribution in [0.25, 0.3) is 22.6 Å². The first-order chi connectivity index (χ1) is 9.75. The summed E-state index contributed by atoms with van der Waals surface area (Å²) >= 11 is 0. The van der Waals surface area contributed by atoms with E-state index in [4.69, 9.17) is 4.42 Å². The zero-order valence-electron chi connectivity index (χ0n) is 11.8. The van der Waals surface area contributed by atoms with Crippen LogP contribution in [0.5, 0.6) is 0 Å². The van der Waals surface area contributed by atoms with E-state index in [1.807, 2.05) is 0 Å². The van der Waals surface area contributed by atoms with Crippen molar-refractivity contribution in [1.29, 1.82) is 0 Å². The largest absolute Gasteiger partial charge is 0.453 e. The number of nitrogens with zero attached hydrogens (tertiary/aromatic N) is 1. The van der Waals surface area contributed by atoms with Crippen molar-refractivity contribution in [3.8, 4) is 11.5 Å². The van der Waals surface area contributed by atoms with Crippen LogP contribution in [-0.4, -0.2) is 19.7 Å². The lowest BCUT2D eigenvalue weighted by Gasteiger charge is -2.09. The first-order valence-electron chi connectivity index (χ1n) is 6.31. The van der Waals surface area contributed by atoms with Crippen LogP contribution in [-0.2, 0) is 9.84 Å². The number of benzene rings is 2. The normalized spacial score (nSPS) is 12.1. The minimum Gasteiger partial charge on any atom is -0.453 e. The summed E-state index contributed by atoms with van der Waals surface area (Å²) in [5.41, 5.74) is 2.48. The van der Waals surface area contributed by atoms with E-state index in [0.29, 0.717) is 33.7 Å². The van der Waals surface area contributed by atoms with Gasteiger partial charge in [0.15, 0.2) is 26.6 Å². The average molecular weight is 303 g/mol. The molecule has 0 aromatic heterocycles. The van der Waals surface area contributed by atoms with Gasteiger partial charge in [0.2, 0.25) is 0 Å². The predicted molar refractivity (Wildman–Crippen MR) is 79.5 cm³/mol. The van der Waals surface area contributed by atoms with E-state index in [0.717, 1.165) is 6.26 Å². The Hall–Kier alpha value is -2.21. The topological polar surface area (TPSA) is 77.2 Å². The second-order valence-corrected chi connectivity index (χ2v) is 7.14. The van der Waals surface area contributed by atoms with Crippen LogP contribution in [0.2, 0.25) is 0 Å². The molecule has 1 aromatic rings. The molecule has 1 heterocycles. The van der Waals surface area contributed by atoms with E-state index in [-0.39, 0.29) is 10.3 Å². The molecule has 1 aliphatic carbocycles. The minimum absolute atomic E-state index is 0.114. The summed E-state index contributed by atoms with van der Waals surface area (Å²) < 4.78 is 29.2. The molecule has 0 amide bonds. The van der Waals surface area contributed by atoms with Crippen molar-refractivity contribution in [2.75, 3.05) is 6.26 Å². The van der Waals surface area contributed by atoms with Gasteiger partial charge < -0.3 is 4.42 Å². The molecule has 0 radical (unpaired) electrons. The number of sulfone groups is 1. The second-order valence-electron chi connectivity index (χ2n) is 5.16. The predicted octanol–water partition coefficient (Wildman–Crippen LogP) is 2.31. The average Bonchev–Trinajstić information content (AvgIpc) is 2.36. The van der Waals surface area contributed by atoms with Gasteiger partial charge in [-0.25, -0.2) is 13.4 Å². The smallest absolute Gasteiger partial charge is 0.185 e. The maximum Gasteiger partial charge on any atom is 0.185 e. The molecule has 0 saturated heterocycles. The highest BCUT2D eigenvalue weighted by atomic mass is 32.2. The van der Waals surface area contributed by atoms with Gasteiger partial charge in [0.05, 0.1) is 4.90 Å². The van der Waals surface area contributed by atoms with E-state index in [1.54, 1.807) is 26.0 Å². The monoisotopic (exact) mass is 303 g/mol. The highest BCUT2D eigenvalue weighted by Gasteiger charge is 2.16. The van der Waals surface area contributed by atoms with Crippen molar-refractivity contribution >= 4 is 20.9 Å². The van der Waals surface area contributed by atoms with Gasteiger partial charge in [-0.15, -0.1) is 0 Å². The molecule has 0 atom stereocenters. The number of fused-ring (bicyclic) bond motifs is 2. The Labute approximate surface area is 121 Å². The lowest BCUT2D eigenvalue weighted by Crippen LogP contribution is -2.06. The van der Waals surface area contributed by atoms with E-state index in [1.165, 1.54) is 12.1 Å². The van der Waals surface area contributed by atoms with Gasteiger partial charge in [-0.05, 0) is 43.2 Å². The van der Waals surface area contributed by atoms with E-state index in [9.17, 15) is 13.2 Å². The minimum atomic E-state index is -3.32. The highest BCUT2D eigenvalue weighted by molar-refractivity contribution is 7.90. The molecule has 21 heavy (non-hydrogen) atoms. The van der Waals surface area contributed by atoms with Crippen LogP contribution in [0.15, 0.2) is 38.4 Å². The maximum atomic E-state index is 11.8. The van der Waals surface area contributed by atoms with Crippen molar-refractivity contribution in [3.05, 3.63) is 45.6 Å². The third kappa shape index (κ3) is 2.31. The zero-order valence-corrected chi connectivity index (χ0v) is 12.6. The Morgan fingerprint density at radius 1 is 1.05 bits per heavy atom. The van der Waals surface area contributed by atoms with Crippen molar-refractivity contribution in [2.24, 2.45) is 0 Å². The summed E-state index contributed by atoms with van der Waals surface area (Å²) in [4.78, 5) is 16.3. The van der Waals surface area contributed by atoms with Crippen molar-refractivity contribution < 1.29 is 12.8 Å². The fraction of sp³-hybridized carbons (Fsp3) is 0.200. The Morgan fingerprint density at radius 2 is 1.76 bits per heavy atom. The van der Waals surface area contributed by atoms with Crippen LogP contribution >= 0.6 is 0 Å². The molecule has 0 bridgehead atoms. The number of rotatable bonds is 1. The Balaban J connectivity index is 2.43. The highest BCUT2D eigenvalue weighted by Crippen LogP contribution is 2.28. The Kier molecular flexibility index (Phi) is 2.88. The Morgan fingerprint density at radius 3 is 2.43 bits per heavy atom. The number of hydrogen-bond acceptors (Lipinski definition) is 5. The second kappa shape index (κ2) is 4.39. The standard InChI is InChI=1S/C15H13NO4S/c1-8-4-10-14(7-12(8)17)20-13-5-9(2)15(21(3,18)19)6-11(13)16-10/h4-7H,1-3H3. The van der Waals surface area contributed by atoms with Crippen molar-refractivity contribution in [1.82, 2.24) is 4.98 Å². The SMILES string of the molecule is Cc1cc2oc3cc(=O)c(C)cc-3nc2cc1S(C)(=O)=O. The fourth-order valence-electron chi connectivity index (χ4n) is 2.29. The summed E-state index contributed by atoms with van der Waals surface area (Å²) in [5, 5.41) is 0. The van der Waals surface area contributed by atoms with Gasteiger partial charge in [0.25, 0.3) is 0 Å². The van der Waals surface area contributed by atoms with E-state index >= 15 is 0 Å².